The number of methoxy groups -OCH3 is 1. The Morgan fingerprint density at radius 1 is 1.56 bits per heavy atom. The lowest BCUT2D eigenvalue weighted by Gasteiger charge is -2.16. The Morgan fingerprint density at radius 3 is 2.69 bits per heavy atom. The zero-order valence-electron chi connectivity index (χ0n) is 9.45. The van der Waals surface area contributed by atoms with Gasteiger partial charge >= 0.3 is 0 Å². The molecule has 1 N–H and O–H groups in total. The van der Waals surface area contributed by atoms with E-state index in [1.807, 2.05) is 0 Å². The second-order valence-electron chi connectivity index (χ2n) is 4.10. The van der Waals surface area contributed by atoms with Crippen molar-refractivity contribution in [2.24, 2.45) is 0 Å². The largest absolute Gasteiger partial charge is 0.480 e. The first kappa shape index (κ1) is 12.9. The molecule has 0 spiro atoms. The van der Waals surface area contributed by atoms with E-state index in [0.29, 0.717) is 5.56 Å². The summed E-state index contributed by atoms with van der Waals surface area (Å²) in [6.45, 7) is 3.14. The number of rotatable bonds is 4. The van der Waals surface area contributed by atoms with Crippen LogP contribution in [-0.2, 0) is 0 Å². The van der Waals surface area contributed by atoms with Gasteiger partial charge in [0.15, 0.2) is 5.78 Å². The van der Waals surface area contributed by atoms with E-state index in [1.165, 1.54) is 13.2 Å². The highest BCUT2D eigenvalue weighted by atomic mass is 35.5. The maximum Gasteiger partial charge on any atom is 0.225 e. The summed E-state index contributed by atoms with van der Waals surface area (Å²) in [5.41, 5.74) is -0.726. The fourth-order valence-electron chi connectivity index (χ4n) is 1.27. The number of halogens is 1. The van der Waals surface area contributed by atoms with Crippen LogP contribution in [0.4, 0.5) is 0 Å². The van der Waals surface area contributed by atoms with Crippen LogP contribution in [0.25, 0.3) is 0 Å². The van der Waals surface area contributed by atoms with Crippen LogP contribution in [0.5, 0.6) is 5.88 Å². The molecule has 1 heterocycles. The highest BCUT2D eigenvalue weighted by Crippen LogP contribution is 2.22. The van der Waals surface area contributed by atoms with Gasteiger partial charge in [0.2, 0.25) is 5.88 Å². The summed E-state index contributed by atoms with van der Waals surface area (Å²) in [6.07, 6.45) is 0.00662. The van der Waals surface area contributed by atoms with Crippen LogP contribution in [0.3, 0.4) is 0 Å². The molecule has 5 heteroatoms. The minimum atomic E-state index is -1.05. The number of aromatic nitrogens is 1. The summed E-state index contributed by atoms with van der Waals surface area (Å²) < 4.78 is 4.96. The van der Waals surface area contributed by atoms with Gasteiger partial charge < -0.3 is 9.84 Å². The first-order chi connectivity index (χ1) is 7.33. The van der Waals surface area contributed by atoms with Crippen LogP contribution in [0.2, 0.25) is 5.15 Å². The molecule has 1 aromatic rings. The number of carbonyl (C=O) groups is 1. The van der Waals surface area contributed by atoms with E-state index in [0.717, 1.165) is 0 Å². The van der Waals surface area contributed by atoms with Crippen molar-refractivity contribution in [1.82, 2.24) is 4.98 Å². The van der Waals surface area contributed by atoms with Crippen molar-refractivity contribution in [2.45, 2.75) is 25.9 Å². The zero-order valence-corrected chi connectivity index (χ0v) is 10.2. The Kier molecular flexibility index (Phi) is 3.88. The van der Waals surface area contributed by atoms with Gasteiger partial charge in [0.1, 0.15) is 5.15 Å². The third-order valence-electron chi connectivity index (χ3n) is 1.91. The van der Waals surface area contributed by atoms with Gasteiger partial charge in [-0.2, -0.15) is 0 Å². The molecule has 0 aromatic carbocycles. The number of ether oxygens (including phenoxy) is 1. The molecule has 0 saturated carbocycles. The molecule has 88 valence electrons. The van der Waals surface area contributed by atoms with Gasteiger partial charge in [0.25, 0.3) is 0 Å². The number of ketones is 1. The number of hydrogen-bond donors (Lipinski definition) is 1. The first-order valence-electron chi connectivity index (χ1n) is 4.79. The highest BCUT2D eigenvalue weighted by Gasteiger charge is 2.22. The minimum Gasteiger partial charge on any atom is -0.480 e. The van der Waals surface area contributed by atoms with Crippen LogP contribution in [0.1, 0.15) is 30.6 Å². The molecule has 0 aliphatic carbocycles. The summed E-state index contributed by atoms with van der Waals surface area (Å²) in [5.74, 6) is -0.0460. The maximum absolute atomic E-state index is 11.8. The number of Topliss-reactive ketones (excluding diaryl/α,β-unsaturated/α-hetero) is 1. The van der Waals surface area contributed by atoms with E-state index in [2.05, 4.69) is 4.98 Å². The Labute approximate surface area is 99.2 Å². The van der Waals surface area contributed by atoms with Crippen molar-refractivity contribution >= 4 is 17.4 Å². The van der Waals surface area contributed by atoms with Gasteiger partial charge in [-0.15, -0.1) is 0 Å². The number of aliphatic hydroxyl groups is 1. The van der Waals surface area contributed by atoms with Gasteiger partial charge in [-0.1, -0.05) is 11.6 Å². The van der Waals surface area contributed by atoms with E-state index in [-0.39, 0.29) is 23.2 Å². The second-order valence-corrected chi connectivity index (χ2v) is 4.49. The topological polar surface area (TPSA) is 59.4 Å². The molecule has 0 aliphatic rings. The van der Waals surface area contributed by atoms with Crippen LogP contribution < -0.4 is 4.74 Å². The van der Waals surface area contributed by atoms with Gasteiger partial charge in [0.05, 0.1) is 18.3 Å². The Bertz CT molecular complexity index is 399. The van der Waals surface area contributed by atoms with Crippen LogP contribution >= 0.6 is 11.6 Å². The van der Waals surface area contributed by atoms with Crippen molar-refractivity contribution in [1.29, 1.82) is 0 Å². The third-order valence-corrected chi connectivity index (χ3v) is 2.12. The summed E-state index contributed by atoms with van der Waals surface area (Å²) in [6, 6.07) is 3.06. The van der Waals surface area contributed by atoms with Crippen LogP contribution in [0, 0.1) is 0 Å². The molecule has 0 unspecified atom stereocenters. The van der Waals surface area contributed by atoms with Crippen molar-refractivity contribution in [2.75, 3.05) is 7.11 Å². The summed E-state index contributed by atoms with van der Waals surface area (Å²) >= 11 is 5.68. The zero-order chi connectivity index (χ0) is 12.3. The number of nitrogens with zero attached hydrogens (tertiary/aromatic N) is 1. The van der Waals surface area contributed by atoms with E-state index in [4.69, 9.17) is 16.3 Å². The molecule has 0 radical (unpaired) electrons. The molecular weight excluding hydrogens is 230 g/mol. The smallest absolute Gasteiger partial charge is 0.225 e. The van der Waals surface area contributed by atoms with E-state index in [1.54, 1.807) is 19.9 Å². The lowest BCUT2D eigenvalue weighted by molar-refractivity contribution is 0.0585. The van der Waals surface area contributed by atoms with Gasteiger partial charge in [0, 0.05) is 6.42 Å². The SMILES string of the molecule is COc1nc(Cl)ccc1C(=O)CC(C)(C)O. The molecule has 0 amide bonds. The molecule has 4 nitrogen and oxygen atoms in total. The average Bonchev–Trinajstić information content (AvgIpc) is 2.14. The monoisotopic (exact) mass is 243 g/mol. The molecule has 1 aromatic heterocycles. The summed E-state index contributed by atoms with van der Waals surface area (Å²) in [4.78, 5) is 15.7. The van der Waals surface area contributed by atoms with Gasteiger partial charge in [-0.25, -0.2) is 4.98 Å². The number of pyridine rings is 1. The Morgan fingerprint density at radius 2 is 2.19 bits per heavy atom. The summed E-state index contributed by atoms with van der Waals surface area (Å²) in [7, 11) is 1.42. The molecule has 0 aliphatic heterocycles. The fraction of sp³-hybridized carbons (Fsp3) is 0.455. The van der Waals surface area contributed by atoms with Crippen molar-refractivity contribution in [3.63, 3.8) is 0 Å². The quantitative estimate of drug-likeness (QED) is 0.650. The lowest BCUT2D eigenvalue weighted by atomic mass is 9.98. The molecule has 1 rings (SSSR count). The first-order valence-corrected chi connectivity index (χ1v) is 5.17. The van der Waals surface area contributed by atoms with E-state index >= 15 is 0 Å². The lowest BCUT2D eigenvalue weighted by Crippen LogP contribution is -2.23. The summed E-state index contributed by atoms with van der Waals surface area (Å²) in [5, 5.41) is 9.82. The highest BCUT2D eigenvalue weighted by molar-refractivity contribution is 6.29. The normalized spacial score (nSPS) is 11.3. The maximum atomic E-state index is 11.8. The van der Waals surface area contributed by atoms with E-state index < -0.39 is 5.60 Å². The minimum absolute atomic E-state index is 0.00662. The van der Waals surface area contributed by atoms with Crippen molar-refractivity contribution in [3.05, 3.63) is 22.8 Å². The molecular formula is C11H14ClNO3. The van der Waals surface area contributed by atoms with Crippen molar-refractivity contribution < 1.29 is 14.6 Å². The number of hydrogen-bond acceptors (Lipinski definition) is 4. The number of carbonyl (C=O) groups excluding carboxylic acids is 1. The van der Waals surface area contributed by atoms with E-state index in [9.17, 15) is 9.90 Å². The fourth-order valence-corrected chi connectivity index (χ4v) is 1.41. The van der Waals surface area contributed by atoms with Gasteiger partial charge in [-0.3, -0.25) is 4.79 Å². The van der Waals surface area contributed by atoms with Crippen LogP contribution in [-0.4, -0.2) is 28.6 Å². The van der Waals surface area contributed by atoms with Crippen LogP contribution in [0.15, 0.2) is 12.1 Å². The second kappa shape index (κ2) is 4.80. The molecule has 0 bridgehead atoms. The molecule has 0 fully saturated rings. The van der Waals surface area contributed by atoms with Gasteiger partial charge in [-0.05, 0) is 26.0 Å². The Hall–Kier alpha value is -1.13. The predicted molar refractivity (Wildman–Crippen MR) is 61.0 cm³/mol. The third kappa shape index (κ3) is 3.47. The predicted octanol–water partition coefficient (Wildman–Crippen LogP) is 2.09. The average molecular weight is 244 g/mol. The standard InChI is InChI=1S/C11H14ClNO3/c1-11(2,15)6-8(14)7-4-5-9(12)13-10(7)16-3/h4-5,15H,6H2,1-3H3. The van der Waals surface area contributed by atoms with Crippen molar-refractivity contribution in [3.8, 4) is 5.88 Å². The molecule has 0 saturated heterocycles. The molecule has 16 heavy (non-hydrogen) atoms. The molecule has 0 atom stereocenters. The Balaban J connectivity index is 2.99.